The van der Waals surface area contributed by atoms with Crippen LogP contribution in [0.2, 0.25) is 0 Å². The molecule has 2 aromatic rings. The van der Waals surface area contributed by atoms with E-state index in [9.17, 15) is 14.4 Å². The Morgan fingerprint density at radius 3 is 2.55 bits per heavy atom. The van der Waals surface area contributed by atoms with Gasteiger partial charge in [0, 0.05) is 36.4 Å². The molecule has 2 heterocycles. The Labute approximate surface area is 190 Å². The van der Waals surface area contributed by atoms with Crippen molar-refractivity contribution in [3.63, 3.8) is 0 Å². The van der Waals surface area contributed by atoms with Crippen LogP contribution in [0.5, 0.6) is 0 Å². The Hall–Kier alpha value is -2.52. The molecule has 1 aromatic carbocycles. The maximum Gasteiger partial charge on any atom is 0.313 e. The summed E-state index contributed by atoms with van der Waals surface area (Å²) in [7, 11) is 0. The van der Waals surface area contributed by atoms with Crippen LogP contribution < -0.4 is 10.6 Å². The number of piperidine rings is 1. The average molecular weight is 459 g/mol. The molecule has 164 valence electrons. The highest BCUT2D eigenvalue weighted by atomic mass is 32.2. The van der Waals surface area contributed by atoms with E-state index in [-0.39, 0.29) is 11.8 Å². The van der Waals surface area contributed by atoms with E-state index in [1.165, 1.54) is 11.8 Å². The molecule has 3 amide bonds. The van der Waals surface area contributed by atoms with E-state index in [1.54, 1.807) is 36.2 Å². The Kier molecular flexibility index (Phi) is 8.36. The van der Waals surface area contributed by atoms with Crippen LogP contribution in [0.1, 0.15) is 23.2 Å². The third-order valence-electron chi connectivity index (χ3n) is 5.18. The van der Waals surface area contributed by atoms with Crippen molar-refractivity contribution in [2.45, 2.75) is 22.8 Å². The average Bonchev–Trinajstić information content (AvgIpc) is 2.82. The molecule has 7 nitrogen and oxygen atoms in total. The van der Waals surface area contributed by atoms with E-state index in [1.807, 2.05) is 35.6 Å². The molecule has 3 rings (SSSR count). The molecule has 1 aromatic heterocycles. The second-order valence-corrected chi connectivity index (χ2v) is 8.87. The number of pyridine rings is 1. The SMILES string of the molecule is CSc1cccc(NC(=O)C(=O)NCC2CCN(C(=O)c3cccnc3SC)CC2)c1. The summed E-state index contributed by atoms with van der Waals surface area (Å²) in [6, 6.07) is 10.9. The lowest BCUT2D eigenvalue weighted by atomic mass is 9.96. The number of rotatable bonds is 6. The fraction of sp³-hybridized carbons (Fsp3) is 0.364. The Morgan fingerprint density at radius 2 is 1.84 bits per heavy atom. The van der Waals surface area contributed by atoms with Gasteiger partial charge in [-0.25, -0.2) is 4.98 Å². The summed E-state index contributed by atoms with van der Waals surface area (Å²) in [5, 5.41) is 6.08. The van der Waals surface area contributed by atoms with Crippen LogP contribution in [-0.2, 0) is 9.59 Å². The number of thioether (sulfide) groups is 2. The van der Waals surface area contributed by atoms with E-state index < -0.39 is 11.8 Å². The minimum absolute atomic E-state index is 0.00761. The summed E-state index contributed by atoms with van der Waals surface area (Å²) in [6.45, 7) is 1.66. The van der Waals surface area contributed by atoms with Gasteiger partial charge >= 0.3 is 11.8 Å². The molecule has 9 heteroatoms. The van der Waals surface area contributed by atoms with Crippen LogP contribution in [0.4, 0.5) is 5.69 Å². The molecule has 0 saturated carbocycles. The van der Waals surface area contributed by atoms with Crippen LogP contribution in [0.25, 0.3) is 0 Å². The van der Waals surface area contributed by atoms with Crippen molar-refractivity contribution in [2.24, 2.45) is 5.92 Å². The highest BCUT2D eigenvalue weighted by Gasteiger charge is 2.26. The largest absolute Gasteiger partial charge is 0.348 e. The first kappa shape index (κ1) is 23.1. The second kappa shape index (κ2) is 11.2. The zero-order valence-corrected chi connectivity index (χ0v) is 19.2. The van der Waals surface area contributed by atoms with Crippen molar-refractivity contribution >= 4 is 46.9 Å². The van der Waals surface area contributed by atoms with Crippen molar-refractivity contribution in [2.75, 3.05) is 37.5 Å². The highest BCUT2D eigenvalue weighted by Crippen LogP contribution is 2.23. The highest BCUT2D eigenvalue weighted by molar-refractivity contribution is 7.98. The molecule has 1 aliphatic rings. The number of carbonyl (C=O) groups excluding carboxylic acids is 3. The van der Waals surface area contributed by atoms with Crippen molar-refractivity contribution < 1.29 is 14.4 Å². The van der Waals surface area contributed by atoms with Crippen molar-refractivity contribution in [1.29, 1.82) is 0 Å². The van der Waals surface area contributed by atoms with Crippen LogP contribution in [-0.4, -0.2) is 59.8 Å². The summed E-state index contributed by atoms with van der Waals surface area (Å²) in [5.74, 6) is -1.10. The summed E-state index contributed by atoms with van der Waals surface area (Å²) in [5.41, 5.74) is 1.22. The van der Waals surface area contributed by atoms with Gasteiger partial charge in [-0.05, 0) is 61.6 Å². The Bertz CT molecular complexity index is 946. The minimum atomic E-state index is -0.674. The lowest BCUT2D eigenvalue weighted by Crippen LogP contribution is -2.43. The molecule has 1 saturated heterocycles. The standard InChI is InChI=1S/C22H26N4O3S2/c1-30-17-6-3-5-16(13-17)25-20(28)19(27)24-14-15-8-11-26(12-9-15)22(29)18-7-4-10-23-21(18)31-2/h3-7,10,13,15H,8-9,11-12,14H2,1-2H3,(H,24,27)(H,25,28). The molecule has 1 fully saturated rings. The third-order valence-corrected chi connectivity index (χ3v) is 6.62. The first-order valence-electron chi connectivity index (χ1n) is 10.0. The number of carbonyl (C=O) groups is 3. The number of hydrogen-bond donors (Lipinski definition) is 2. The molecule has 0 spiro atoms. The van der Waals surface area contributed by atoms with E-state index in [4.69, 9.17) is 0 Å². The Balaban J connectivity index is 1.45. The summed E-state index contributed by atoms with van der Waals surface area (Å²) in [4.78, 5) is 44.2. The zero-order valence-electron chi connectivity index (χ0n) is 17.6. The molecule has 0 atom stereocenters. The van der Waals surface area contributed by atoms with Gasteiger partial charge in [0.15, 0.2) is 0 Å². The topological polar surface area (TPSA) is 91.4 Å². The molecule has 0 bridgehead atoms. The van der Waals surface area contributed by atoms with Gasteiger partial charge in [-0.2, -0.15) is 0 Å². The molecule has 31 heavy (non-hydrogen) atoms. The maximum atomic E-state index is 12.8. The van der Waals surface area contributed by atoms with E-state index in [0.717, 1.165) is 22.8 Å². The molecule has 1 aliphatic heterocycles. The fourth-order valence-corrected chi connectivity index (χ4v) is 4.43. The van der Waals surface area contributed by atoms with Crippen molar-refractivity contribution in [3.05, 3.63) is 48.2 Å². The first-order valence-corrected chi connectivity index (χ1v) is 12.5. The zero-order chi connectivity index (χ0) is 22.2. The molecule has 2 N–H and O–H groups in total. The van der Waals surface area contributed by atoms with Crippen LogP contribution in [0, 0.1) is 5.92 Å². The monoisotopic (exact) mass is 458 g/mol. The van der Waals surface area contributed by atoms with E-state index in [2.05, 4.69) is 15.6 Å². The number of amides is 3. The molecular weight excluding hydrogens is 432 g/mol. The van der Waals surface area contributed by atoms with Gasteiger partial charge in [0.05, 0.1) is 5.56 Å². The summed E-state index contributed by atoms with van der Waals surface area (Å²) in [6.07, 6.45) is 7.10. The van der Waals surface area contributed by atoms with Gasteiger partial charge < -0.3 is 15.5 Å². The van der Waals surface area contributed by atoms with Gasteiger partial charge in [0.25, 0.3) is 5.91 Å². The van der Waals surface area contributed by atoms with E-state index in [0.29, 0.717) is 30.9 Å². The number of likely N-dealkylation sites (tertiary alicyclic amines) is 1. The van der Waals surface area contributed by atoms with Gasteiger partial charge in [-0.1, -0.05) is 6.07 Å². The molecule has 0 aliphatic carbocycles. The van der Waals surface area contributed by atoms with Crippen LogP contribution in [0.3, 0.4) is 0 Å². The third kappa shape index (κ3) is 6.24. The predicted octanol–water partition coefficient (Wildman–Crippen LogP) is 3.13. The van der Waals surface area contributed by atoms with E-state index >= 15 is 0 Å². The molecule has 0 radical (unpaired) electrons. The normalized spacial score (nSPS) is 14.2. The smallest absolute Gasteiger partial charge is 0.313 e. The van der Waals surface area contributed by atoms with Gasteiger partial charge in [-0.3, -0.25) is 14.4 Å². The van der Waals surface area contributed by atoms with Crippen molar-refractivity contribution in [3.8, 4) is 0 Å². The number of nitrogens with zero attached hydrogens (tertiary/aromatic N) is 2. The lowest BCUT2D eigenvalue weighted by Gasteiger charge is -2.32. The quantitative estimate of drug-likeness (QED) is 0.511. The lowest BCUT2D eigenvalue weighted by molar-refractivity contribution is -0.136. The summed E-state index contributed by atoms with van der Waals surface area (Å²) >= 11 is 3.03. The summed E-state index contributed by atoms with van der Waals surface area (Å²) < 4.78 is 0. The fourth-order valence-electron chi connectivity index (χ4n) is 3.43. The van der Waals surface area contributed by atoms with Gasteiger partial charge in [0.1, 0.15) is 5.03 Å². The number of nitrogens with one attached hydrogen (secondary N) is 2. The van der Waals surface area contributed by atoms with Crippen LogP contribution >= 0.6 is 23.5 Å². The molecular formula is C22H26N4O3S2. The van der Waals surface area contributed by atoms with Gasteiger partial charge in [-0.15, -0.1) is 23.5 Å². The maximum absolute atomic E-state index is 12.8. The van der Waals surface area contributed by atoms with Crippen LogP contribution in [0.15, 0.2) is 52.5 Å². The Morgan fingerprint density at radius 1 is 1.06 bits per heavy atom. The number of benzene rings is 1. The number of hydrogen-bond acceptors (Lipinski definition) is 6. The minimum Gasteiger partial charge on any atom is -0.348 e. The number of anilines is 1. The first-order chi connectivity index (χ1) is 15.0. The number of aromatic nitrogens is 1. The molecule has 0 unspecified atom stereocenters. The van der Waals surface area contributed by atoms with Crippen molar-refractivity contribution in [1.82, 2.24) is 15.2 Å². The second-order valence-electron chi connectivity index (χ2n) is 7.19. The predicted molar refractivity (Wildman–Crippen MR) is 125 cm³/mol. The van der Waals surface area contributed by atoms with Gasteiger partial charge in [0.2, 0.25) is 0 Å².